The lowest BCUT2D eigenvalue weighted by molar-refractivity contribution is 0.198. The number of aryl methyl sites for hydroxylation is 2. The minimum absolute atomic E-state index is 0.576. The molecule has 2 aromatic rings. The first-order chi connectivity index (χ1) is 7.59. The van der Waals surface area contributed by atoms with E-state index in [2.05, 4.69) is 15.1 Å². The lowest BCUT2D eigenvalue weighted by Crippen LogP contribution is -2.08. The Kier molecular flexibility index (Phi) is 2.70. The second-order valence-corrected chi connectivity index (χ2v) is 3.71. The van der Waals surface area contributed by atoms with E-state index in [1.165, 1.54) is 0 Å². The van der Waals surface area contributed by atoms with E-state index in [1.807, 2.05) is 19.9 Å². The molecule has 84 valence electrons. The number of aliphatic hydroxyl groups is 1. The summed E-state index contributed by atoms with van der Waals surface area (Å²) in [5.41, 5.74) is 0.746. The van der Waals surface area contributed by atoms with Gasteiger partial charge in [0.05, 0.1) is 6.10 Å². The Morgan fingerprint density at radius 1 is 1.38 bits per heavy atom. The van der Waals surface area contributed by atoms with Gasteiger partial charge in [0.1, 0.15) is 11.6 Å². The molecular formula is C11H14N4O. The molecule has 5 heteroatoms. The number of hydrogen-bond acceptors (Lipinski definition) is 4. The normalized spacial score (nSPS) is 12.8. The molecule has 0 spiro atoms. The van der Waals surface area contributed by atoms with Crippen LogP contribution in [0.25, 0.3) is 5.82 Å². The average molecular weight is 218 g/mol. The zero-order valence-corrected chi connectivity index (χ0v) is 9.55. The molecule has 1 unspecified atom stereocenters. The van der Waals surface area contributed by atoms with Crippen molar-refractivity contribution in [3.8, 4) is 5.82 Å². The van der Waals surface area contributed by atoms with Gasteiger partial charge in [0, 0.05) is 11.8 Å². The summed E-state index contributed by atoms with van der Waals surface area (Å²) in [6, 6.07) is 3.63. The third kappa shape index (κ3) is 1.81. The zero-order valence-electron chi connectivity index (χ0n) is 9.55. The first kappa shape index (κ1) is 10.8. The molecule has 0 radical (unpaired) electrons. The Bertz CT molecular complexity index is 504. The molecule has 0 aliphatic carbocycles. The fraction of sp³-hybridized carbons (Fsp3) is 0.364. The molecule has 0 saturated carbocycles. The number of rotatable bonds is 2. The highest BCUT2D eigenvalue weighted by Crippen LogP contribution is 2.19. The quantitative estimate of drug-likeness (QED) is 0.826. The van der Waals surface area contributed by atoms with Gasteiger partial charge >= 0.3 is 0 Å². The Labute approximate surface area is 93.8 Å². The van der Waals surface area contributed by atoms with Gasteiger partial charge < -0.3 is 5.11 Å². The highest BCUT2D eigenvalue weighted by atomic mass is 16.3. The lowest BCUT2D eigenvalue weighted by atomic mass is 10.1. The predicted molar refractivity (Wildman–Crippen MR) is 59.3 cm³/mol. The first-order valence-corrected chi connectivity index (χ1v) is 5.13. The van der Waals surface area contributed by atoms with Gasteiger partial charge in [0.25, 0.3) is 0 Å². The van der Waals surface area contributed by atoms with Crippen LogP contribution in [0, 0.1) is 13.8 Å². The molecule has 0 aliphatic heterocycles. The van der Waals surface area contributed by atoms with E-state index in [0.717, 1.165) is 11.4 Å². The van der Waals surface area contributed by atoms with Crippen molar-refractivity contribution in [3.05, 3.63) is 35.5 Å². The van der Waals surface area contributed by atoms with Gasteiger partial charge in [0.2, 0.25) is 0 Å². The maximum absolute atomic E-state index is 9.66. The summed E-state index contributed by atoms with van der Waals surface area (Å²) in [7, 11) is 0. The first-order valence-electron chi connectivity index (χ1n) is 5.13. The van der Waals surface area contributed by atoms with Crippen LogP contribution in [0.1, 0.15) is 30.2 Å². The molecule has 0 saturated heterocycles. The summed E-state index contributed by atoms with van der Waals surface area (Å²) in [6.45, 7) is 5.40. The van der Waals surface area contributed by atoms with E-state index in [9.17, 15) is 5.11 Å². The molecule has 16 heavy (non-hydrogen) atoms. The molecule has 0 amide bonds. The molecule has 0 aromatic carbocycles. The minimum atomic E-state index is -0.576. The van der Waals surface area contributed by atoms with Crippen LogP contribution >= 0.6 is 0 Å². The van der Waals surface area contributed by atoms with E-state index >= 15 is 0 Å². The highest BCUT2D eigenvalue weighted by Gasteiger charge is 2.13. The lowest BCUT2D eigenvalue weighted by Gasteiger charge is -2.10. The summed E-state index contributed by atoms with van der Waals surface area (Å²) in [4.78, 5) is 8.46. The molecule has 1 atom stereocenters. The Hall–Kier alpha value is -1.75. The monoisotopic (exact) mass is 218 g/mol. The van der Waals surface area contributed by atoms with Crippen LogP contribution in [-0.2, 0) is 0 Å². The van der Waals surface area contributed by atoms with Crippen molar-refractivity contribution in [3.63, 3.8) is 0 Å². The minimum Gasteiger partial charge on any atom is -0.389 e. The van der Waals surface area contributed by atoms with E-state index in [0.29, 0.717) is 11.6 Å². The molecule has 2 aromatic heterocycles. The maximum atomic E-state index is 9.66. The third-order valence-corrected chi connectivity index (χ3v) is 2.34. The zero-order chi connectivity index (χ0) is 11.7. The maximum Gasteiger partial charge on any atom is 0.161 e. The van der Waals surface area contributed by atoms with Gasteiger partial charge in [-0.15, -0.1) is 5.10 Å². The second kappa shape index (κ2) is 4.02. The van der Waals surface area contributed by atoms with Crippen molar-refractivity contribution in [1.29, 1.82) is 0 Å². The Morgan fingerprint density at radius 2 is 2.12 bits per heavy atom. The van der Waals surface area contributed by atoms with Gasteiger partial charge in [-0.3, -0.25) is 0 Å². The summed E-state index contributed by atoms with van der Waals surface area (Å²) in [6.07, 6.45) is 1.10. The molecular weight excluding hydrogens is 204 g/mol. The molecule has 2 rings (SSSR count). The van der Waals surface area contributed by atoms with Crippen molar-refractivity contribution in [2.75, 3.05) is 0 Å². The van der Waals surface area contributed by atoms with E-state index in [1.54, 1.807) is 23.9 Å². The van der Waals surface area contributed by atoms with Crippen molar-refractivity contribution in [2.24, 2.45) is 0 Å². The highest BCUT2D eigenvalue weighted by molar-refractivity contribution is 5.34. The van der Waals surface area contributed by atoms with Gasteiger partial charge in [-0.05, 0) is 26.8 Å². The number of nitrogens with zero attached hydrogens (tertiary/aromatic N) is 4. The van der Waals surface area contributed by atoms with Crippen molar-refractivity contribution in [1.82, 2.24) is 19.7 Å². The van der Waals surface area contributed by atoms with Gasteiger partial charge in [-0.1, -0.05) is 6.07 Å². The van der Waals surface area contributed by atoms with Crippen LogP contribution < -0.4 is 0 Å². The number of pyridine rings is 1. The summed E-state index contributed by atoms with van der Waals surface area (Å²) < 4.78 is 1.65. The summed E-state index contributed by atoms with van der Waals surface area (Å²) in [5, 5.41) is 13.9. The topological polar surface area (TPSA) is 63.8 Å². The second-order valence-electron chi connectivity index (χ2n) is 3.71. The van der Waals surface area contributed by atoms with E-state index in [4.69, 9.17) is 0 Å². The van der Waals surface area contributed by atoms with Crippen LogP contribution in [0.4, 0.5) is 0 Å². The molecule has 0 fully saturated rings. The number of aliphatic hydroxyl groups excluding tert-OH is 1. The van der Waals surface area contributed by atoms with Crippen LogP contribution in [0.3, 0.4) is 0 Å². The molecule has 0 bridgehead atoms. The smallest absolute Gasteiger partial charge is 0.161 e. The number of hydrogen-bond donors (Lipinski definition) is 1. The van der Waals surface area contributed by atoms with Crippen LogP contribution in [0.2, 0.25) is 0 Å². The fourth-order valence-corrected chi connectivity index (χ4v) is 1.63. The average Bonchev–Trinajstić information content (AvgIpc) is 2.57. The Morgan fingerprint density at radius 3 is 2.69 bits per heavy atom. The van der Waals surface area contributed by atoms with Crippen molar-refractivity contribution >= 4 is 0 Å². The van der Waals surface area contributed by atoms with Gasteiger partial charge in [-0.2, -0.15) is 4.68 Å². The molecule has 2 heterocycles. The van der Waals surface area contributed by atoms with Gasteiger partial charge in [-0.25, -0.2) is 9.97 Å². The molecule has 5 nitrogen and oxygen atoms in total. The standard InChI is InChI=1S/C11H14N4O/c1-7(16)10-5-4-6-12-11(10)15-9(3)13-8(2)14-15/h4-7,16H,1-3H3. The number of aromatic nitrogens is 4. The molecule has 0 aliphatic rings. The summed E-state index contributed by atoms with van der Waals surface area (Å²) >= 11 is 0. The van der Waals surface area contributed by atoms with E-state index < -0.39 is 6.10 Å². The SMILES string of the molecule is Cc1nc(C)n(-c2ncccc2C(C)O)n1. The predicted octanol–water partition coefficient (Wildman–Crippen LogP) is 1.33. The van der Waals surface area contributed by atoms with Crippen LogP contribution in [0.15, 0.2) is 18.3 Å². The van der Waals surface area contributed by atoms with E-state index in [-0.39, 0.29) is 0 Å². The largest absolute Gasteiger partial charge is 0.389 e. The van der Waals surface area contributed by atoms with Crippen LogP contribution in [0.5, 0.6) is 0 Å². The van der Waals surface area contributed by atoms with Gasteiger partial charge in [0.15, 0.2) is 5.82 Å². The van der Waals surface area contributed by atoms with Crippen molar-refractivity contribution in [2.45, 2.75) is 26.9 Å². The summed E-state index contributed by atoms with van der Waals surface area (Å²) in [5.74, 6) is 2.09. The third-order valence-electron chi connectivity index (χ3n) is 2.34. The Balaban J connectivity index is 2.59. The fourth-order valence-electron chi connectivity index (χ4n) is 1.63. The van der Waals surface area contributed by atoms with Crippen molar-refractivity contribution < 1.29 is 5.11 Å². The van der Waals surface area contributed by atoms with Crippen LogP contribution in [-0.4, -0.2) is 24.9 Å². The molecule has 1 N–H and O–H groups in total.